The molecule has 4 aromatic carbocycles. The molecule has 2 aliphatic carbocycles. The minimum atomic E-state index is 0. The Hall–Kier alpha value is -2.48. The fourth-order valence-corrected chi connectivity index (χ4v) is 5.50. The van der Waals surface area contributed by atoms with Crippen LogP contribution in [0.15, 0.2) is 97.1 Å². The Balaban J connectivity index is 0.000000260. The fraction of sp³-hybridized carbons (Fsp3) is 0.293. The Morgan fingerprint density at radius 2 is 1.23 bits per heavy atom. The van der Waals surface area contributed by atoms with Gasteiger partial charge < -0.3 is 24.8 Å². The summed E-state index contributed by atoms with van der Waals surface area (Å²) in [7, 11) is 0. The first-order valence-corrected chi connectivity index (χ1v) is 15.7. The number of hydrogen-bond donors (Lipinski definition) is 0. The van der Waals surface area contributed by atoms with Gasteiger partial charge in [0, 0.05) is 0 Å². The van der Waals surface area contributed by atoms with E-state index in [-0.39, 0.29) is 35.6 Å². The third-order valence-corrected chi connectivity index (χ3v) is 8.63. The molecule has 0 amide bonds. The summed E-state index contributed by atoms with van der Waals surface area (Å²) < 4.78 is 1.33. The van der Waals surface area contributed by atoms with Gasteiger partial charge in [-0.1, -0.05) is 65.3 Å². The summed E-state index contributed by atoms with van der Waals surface area (Å²) >= 11 is 2.18. The van der Waals surface area contributed by atoms with Gasteiger partial charge >= 0.3 is 108 Å². The zero-order chi connectivity index (χ0) is 30.5. The maximum absolute atomic E-state index is 3.67. The molecule has 0 aromatic heterocycles. The Morgan fingerprint density at radius 1 is 0.682 bits per heavy atom. The molecule has 2 aliphatic rings. The van der Waals surface area contributed by atoms with Gasteiger partial charge in [0.15, 0.2) is 0 Å². The van der Waals surface area contributed by atoms with E-state index in [4.69, 9.17) is 0 Å². The van der Waals surface area contributed by atoms with Gasteiger partial charge in [-0.3, -0.25) is 6.08 Å². The summed E-state index contributed by atoms with van der Waals surface area (Å²) in [6, 6.07) is 32.5. The first-order valence-electron chi connectivity index (χ1n) is 15.0. The first-order chi connectivity index (χ1) is 19.8. The molecule has 3 heteroatoms. The van der Waals surface area contributed by atoms with E-state index >= 15 is 0 Å². The van der Waals surface area contributed by atoms with Crippen molar-refractivity contribution in [3.8, 4) is 11.1 Å². The van der Waals surface area contributed by atoms with Crippen LogP contribution in [0.3, 0.4) is 0 Å². The van der Waals surface area contributed by atoms with E-state index in [2.05, 4.69) is 172 Å². The Bertz CT molecular complexity index is 1470. The number of halogens is 2. The monoisotopic (exact) mass is 654 g/mol. The van der Waals surface area contributed by atoms with Crippen LogP contribution in [0.1, 0.15) is 92.5 Å². The van der Waals surface area contributed by atoms with Crippen LogP contribution in [0, 0.1) is 26.0 Å². The van der Waals surface area contributed by atoms with Crippen molar-refractivity contribution < 1.29 is 44.8 Å². The van der Waals surface area contributed by atoms with Crippen molar-refractivity contribution in [2.24, 2.45) is 0 Å². The molecule has 0 saturated heterocycles. The SMILES string of the molecule is CC(C)(C)c1[c-]c2c(cc1)-c1ccc(C(C)(C)C)cc1C2.Cc1ccc([C](=[Ti+2])c2ccc(C)cc2)cc1.[C-]1=CC=CC1.[Cl-].[Cl-]. The van der Waals surface area contributed by atoms with Gasteiger partial charge in [0.25, 0.3) is 0 Å². The summed E-state index contributed by atoms with van der Waals surface area (Å²) in [5.74, 6) is 0. The molecule has 0 unspecified atom stereocenters. The van der Waals surface area contributed by atoms with E-state index in [9.17, 15) is 0 Å². The van der Waals surface area contributed by atoms with Gasteiger partial charge in [-0.15, -0.1) is 17.5 Å². The van der Waals surface area contributed by atoms with E-state index in [1.165, 1.54) is 59.4 Å². The summed E-state index contributed by atoms with van der Waals surface area (Å²) in [6.45, 7) is 17.8. The van der Waals surface area contributed by atoms with Crippen molar-refractivity contribution in [1.82, 2.24) is 0 Å². The van der Waals surface area contributed by atoms with Crippen LogP contribution >= 0.6 is 0 Å². The maximum atomic E-state index is 3.67. The number of benzene rings is 4. The zero-order valence-corrected chi connectivity index (χ0v) is 30.5. The van der Waals surface area contributed by atoms with E-state index < -0.39 is 0 Å². The van der Waals surface area contributed by atoms with Gasteiger partial charge in [-0.05, 0) is 28.4 Å². The Morgan fingerprint density at radius 3 is 1.66 bits per heavy atom. The van der Waals surface area contributed by atoms with Crippen molar-refractivity contribution in [3.63, 3.8) is 0 Å². The summed E-state index contributed by atoms with van der Waals surface area (Å²) in [4.78, 5) is 0. The zero-order valence-electron chi connectivity index (χ0n) is 27.4. The largest absolute Gasteiger partial charge is 1.00 e. The van der Waals surface area contributed by atoms with Gasteiger partial charge in [0.2, 0.25) is 0 Å². The Kier molecular flexibility index (Phi) is 13.9. The van der Waals surface area contributed by atoms with Crippen LogP contribution < -0.4 is 24.8 Å². The molecule has 0 saturated carbocycles. The van der Waals surface area contributed by atoms with E-state index in [1.807, 2.05) is 12.2 Å². The van der Waals surface area contributed by atoms with Crippen molar-refractivity contribution in [3.05, 3.63) is 154 Å². The van der Waals surface area contributed by atoms with E-state index in [0.29, 0.717) is 0 Å². The molecule has 228 valence electrons. The quantitative estimate of drug-likeness (QED) is 0.196. The number of aryl methyl sites for hydroxylation is 2. The molecular formula is C41H44Cl2Ti-2. The van der Waals surface area contributed by atoms with Crippen molar-refractivity contribution in [1.29, 1.82) is 0 Å². The van der Waals surface area contributed by atoms with Gasteiger partial charge in [0.05, 0.1) is 0 Å². The fourth-order valence-electron chi connectivity index (χ4n) is 4.98. The average molecular weight is 656 g/mol. The molecule has 0 N–H and O–H groups in total. The summed E-state index contributed by atoms with van der Waals surface area (Å²) in [5.41, 5.74) is 13.9. The van der Waals surface area contributed by atoms with E-state index in [0.717, 1.165) is 12.8 Å². The maximum Gasteiger partial charge on any atom is -0.109 e. The second kappa shape index (κ2) is 16.2. The van der Waals surface area contributed by atoms with Crippen LogP contribution in [0.25, 0.3) is 11.1 Å². The molecule has 44 heavy (non-hydrogen) atoms. The third-order valence-electron chi connectivity index (χ3n) is 7.73. The molecule has 0 aliphatic heterocycles. The van der Waals surface area contributed by atoms with Gasteiger partial charge in [0.1, 0.15) is 0 Å². The number of hydrogen-bond acceptors (Lipinski definition) is 0. The molecule has 0 atom stereocenters. The van der Waals surface area contributed by atoms with E-state index in [1.54, 1.807) is 0 Å². The predicted molar refractivity (Wildman–Crippen MR) is 178 cm³/mol. The van der Waals surface area contributed by atoms with Crippen molar-refractivity contribution in [2.45, 2.75) is 79.1 Å². The second-order valence-electron chi connectivity index (χ2n) is 13.4. The molecule has 0 bridgehead atoms. The Labute approximate surface area is 290 Å². The smallest absolute Gasteiger partial charge is 0.109 e. The predicted octanol–water partition coefficient (Wildman–Crippen LogP) is 4.39. The first kappa shape index (κ1) is 37.7. The van der Waals surface area contributed by atoms with Crippen LogP contribution in [-0.2, 0) is 37.2 Å². The standard InChI is InChI=1S/C21H25.C15H14.C5H5.2ClH.Ti/c1-20(2,3)16-7-9-18-14(12-16)11-15-13-17(21(4,5)6)8-10-19(15)18;1-12-3-7-14(8-4-12)11-15-9-5-13(2)6-10-15;1-2-4-5-3-1;;;/h7-10,12H,11H2,1-6H3;3-10H,1-2H3;1-3H,4H2;2*1H;/q-1;;-1;;;+2/p-2. The molecule has 0 nitrogen and oxygen atoms in total. The molecule has 0 heterocycles. The minimum Gasteiger partial charge on any atom is -1.00 e. The summed E-state index contributed by atoms with van der Waals surface area (Å²) in [5, 5.41) is 0. The van der Waals surface area contributed by atoms with Crippen LogP contribution in [0.4, 0.5) is 0 Å². The van der Waals surface area contributed by atoms with Crippen LogP contribution in [0.2, 0.25) is 0 Å². The molecule has 0 radical (unpaired) electrons. The molecule has 4 aromatic rings. The van der Waals surface area contributed by atoms with Crippen LogP contribution in [0.5, 0.6) is 0 Å². The molecule has 0 fully saturated rings. The summed E-state index contributed by atoms with van der Waals surface area (Å²) in [6.07, 6.45) is 11.0. The molecular weight excluding hydrogens is 611 g/mol. The third kappa shape index (κ3) is 10.0. The molecule has 6 rings (SSSR count). The molecule has 0 spiro atoms. The van der Waals surface area contributed by atoms with Crippen molar-refractivity contribution >= 4 is 3.81 Å². The number of rotatable bonds is 2. The van der Waals surface area contributed by atoms with Crippen LogP contribution in [-0.4, -0.2) is 3.81 Å². The van der Waals surface area contributed by atoms with Gasteiger partial charge in [-0.2, -0.15) is 29.8 Å². The number of allylic oxidation sites excluding steroid dienone is 4. The average Bonchev–Trinajstić information content (AvgIpc) is 3.64. The second-order valence-corrected chi connectivity index (χ2v) is 14.2. The minimum absolute atomic E-state index is 0. The topological polar surface area (TPSA) is 0 Å². The normalized spacial score (nSPS) is 12.4. The number of fused-ring (bicyclic) bond motifs is 3. The van der Waals surface area contributed by atoms with Gasteiger partial charge in [-0.25, -0.2) is 12.2 Å². The van der Waals surface area contributed by atoms with Crippen molar-refractivity contribution in [2.75, 3.05) is 0 Å².